The van der Waals surface area contributed by atoms with Crippen LogP contribution in [0.3, 0.4) is 0 Å². The lowest BCUT2D eigenvalue weighted by Crippen LogP contribution is -2.37. The van der Waals surface area contributed by atoms with Gasteiger partial charge in [-0.3, -0.25) is 0 Å². The Morgan fingerprint density at radius 1 is 1.28 bits per heavy atom. The summed E-state index contributed by atoms with van der Waals surface area (Å²) in [5, 5.41) is 10.3. The zero-order valence-corrected chi connectivity index (χ0v) is 18.9. The molecule has 4 atom stereocenters. The number of benzene rings is 1. The highest BCUT2D eigenvalue weighted by Crippen LogP contribution is 2.38. The molecule has 2 aromatic heterocycles. The van der Waals surface area contributed by atoms with Gasteiger partial charge in [-0.2, -0.15) is 0 Å². The van der Waals surface area contributed by atoms with Crippen LogP contribution in [0.25, 0.3) is 11.0 Å². The first-order chi connectivity index (χ1) is 15.5. The van der Waals surface area contributed by atoms with Gasteiger partial charge in [0.05, 0.1) is 12.0 Å². The van der Waals surface area contributed by atoms with Gasteiger partial charge in [-0.15, -0.1) is 0 Å². The molecule has 32 heavy (non-hydrogen) atoms. The van der Waals surface area contributed by atoms with Gasteiger partial charge >= 0.3 is 6.16 Å². The molecule has 11 heteroatoms. The third kappa shape index (κ3) is 3.67. The normalized spacial score (nSPS) is 25.2. The average Bonchev–Trinajstić information content (AvgIpc) is 3.42. The number of fused-ring (bicyclic) bond motifs is 2. The highest BCUT2D eigenvalue weighted by atomic mass is 127. The molecule has 1 fully saturated rings. The molecule has 1 aromatic carbocycles. The minimum Gasteiger partial charge on any atom is -0.430 e. The number of anilines is 1. The first kappa shape index (κ1) is 21.3. The predicted octanol–water partition coefficient (Wildman–Crippen LogP) is 2.54. The number of carbonyl (C=O) groups is 1. The number of aromatic nitrogens is 3. The van der Waals surface area contributed by atoms with Crippen molar-refractivity contribution in [1.82, 2.24) is 14.5 Å². The summed E-state index contributed by atoms with van der Waals surface area (Å²) in [6, 6.07) is 7.83. The number of aliphatic hydroxyl groups excluding tert-OH is 1. The van der Waals surface area contributed by atoms with Crippen molar-refractivity contribution in [2.24, 2.45) is 0 Å². The summed E-state index contributed by atoms with van der Waals surface area (Å²) in [6.07, 6.45) is -2.62. The third-order valence-corrected chi connectivity index (χ3v) is 6.64. The van der Waals surface area contributed by atoms with Crippen molar-refractivity contribution in [3.05, 3.63) is 51.5 Å². The largest absolute Gasteiger partial charge is 0.509 e. The van der Waals surface area contributed by atoms with E-state index in [9.17, 15) is 9.90 Å². The van der Waals surface area contributed by atoms with Crippen LogP contribution in [-0.2, 0) is 27.1 Å². The van der Waals surface area contributed by atoms with Crippen LogP contribution in [0.2, 0.25) is 0 Å². The third-order valence-electron chi connectivity index (χ3n) is 5.82. The molecule has 5 rings (SSSR count). The van der Waals surface area contributed by atoms with E-state index in [-0.39, 0.29) is 11.9 Å². The Bertz CT molecular complexity index is 1150. The number of hydrogen-bond donors (Lipinski definition) is 2. The van der Waals surface area contributed by atoms with E-state index < -0.39 is 37.4 Å². The molecule has 0 spiro atoms. The Morgan fingerprint density at radius 2 is 2.00 bits per heavy atom. The van der Waals surface area contributed by atoms with Crippen LogP contribution in [0, 0.1) is 3.57 Å². The van der Waals surface area contributed by atoms with Crippen LogP contribution in [0.15, 0.2) is 36.8 Å². The first-order valence-electron chi connectivity index (χ1n) is 10.1. The van der Waals surface area contributed by atoms with E-state index in [2.05, 4.69) is 32.6 Å². The zero-order valence-electron chi connectivity index (χ0n) is 16.7. The number of alkyl halides is 1. The smallest absolute Gasteiger partial charge is 0.430 e. The summed E-state index contributed by atoms with van der Waals surface area (Å²) in [5.41, 5.74) is 8.54. The predicted molar refractivity (Wildman–Crippen MR) is 120 cm³/mol. The topological polar surface area (TPSA) is 122 Å². The Labute approximate surface area is 195 Å². The van der Waals surface area contributed by atoms with Gasteiger partial charge in [0.15, 0.2) is 18.5 Å². The molecule has 1 aliphatic carbocycles. The molecule has 3 heterocycles. The van der Waals surface area contributed by atoms with Crippen molar-refractivity contribution >= 4 is 45.6 Å². The lowest BCUT2D eigenvalue weighted by atomic mass is 10.1. The number of hydrogen-bond acceptors (Lipinski definition) is 8. The maximum Gasteiger partial charge on any atom is 0.509 e. The lowest BCUT2D eigenvalue weighted by Gasteiger charge is -2.19. The molecular weight excluding hydrogens is 534 g/mol. The minimum absolute atomic E-state index is 0.263. The van der Waals surface area contributed by atoms with Gasteiger partial charge in [-0.25, -0.2) is 19.2 Å². The van der Waals surface area contributed by atoms with Crippen molar-refractivity contribution in [3.63, 3.8) is 0 Å². The Balaban J connectivity index is 1.31. The number of rotatable bonds is 4. The van der Waals surface area contributed by atoms with Crippen LogP contribution in [0.1, 0.15) is 17.4 Å². The molecule has 3 aromatic rings. The summed E-state index contributed by atoms with van der Waals surface area (Å²) >= 11 is 2.05. The summed E-state index contributed by atoms with van der Waals surface area (Å²) in [5.74, 6) is 0.263. The van der Waals surface area contributed by atoms with Gasteiger partial charge < -0.3 is 29.6 Å². The van der Waals surface area contributed by atoms with Crippen LogP contribution in [0.5, 0.6) is 0 Å². The number of carbonyl (C=O) groups excluding carboxylic acids is 1. The second-order valence-corrected chi connectivity index (χ2v) is 8.95. The summed E-state index contributed by atoms with van der Waals surface area (Å²) in [7, 11) is 0. The fraction of sp³-hybridized carbons (Fsp3) is 0.381. The standard InChI is InChI=1S/C21H20FIN4O5/c22-16-17(32-21(29)30-12-5-10-3-1-2-4-11(10)6-12)14(8-28)31-20(16)27-7-13(23)15-18(24)25-9-26-19(15)27/h1-4,7,9,12,14,16-17,20,28H,5-6,8H2,(H2,24,25,26)/t14-,16+,17-,20-/m1/s1. The Morgan fingerprint density at radius 3 is 2.69 bits per heavy atom. The number of nitrogens with two attached hydrogens (primary N) is 1. The maximum absolute atomic E-state index is 15.4. The number of ether oxygens (including phenoxy) is 3. The molecule has 3 N–H and O–H groups in total. The number of nitrogen functional groups attached to an aromatic ring is 1. The molecule has 0 saturated carbocycles. The fourth-order valence-corrected chi connectivity index (χ4v) is 5.16. The molecular formula is C21H20FIN4O5. The number of aliphatic hydroxyl groups is 1. The van der Waals surface area contributed by atoms with Crippen molar-refractivity contribution in [2.75, 3.05) is 12.3 Å². The second kappa shape index (κ2) is 8.45. The SMILES string of the molecule is Nc1ncnc2c1c(I)cn2[C@@H]1O[C@H](CO)[C@@H](OC(=O)OC2Cc3ccccc3C2)[C@@H]1F. The minimum atomic E-state index is -1.76. The van der Waals surface area contributed by atoms with E-state index >= 15 is 4.39 Å². The first-order valence-corrected chi connectivity index (χ1v) is 11.1. The molecule has 168 valence electrons. The average molecular weight is 554 g/mol. The van der Waals surface area contributed by atoms with Crippen LogP contribution < -0.4 is 5.73 Å². The molecule has 2 aliphatic rings. The van der Waals surface area contributed by atoms with Crippen molar-refractivity contribution in [2.45, 2.75) is 43.6 Å². The van der Waals surface area contributed by atoms with Gasteiger partial charge in [0, 0.05) is 22.6 Å². The van der Waals surface area contributed by atoms with Gasteiger partial charge in [0.1, 0.15) is 30.0 Å². The molecule has 0 bridgehead atoms. The summed E-state index contributed by atoms with van der Waals surface area (Å²) < 4.78 is 34.0. The zero-order chi connectivity index (χ0) is 22.4. The van der Waals surface area contributed by atoms with Gasteiger partial charge in [0.2, 0.25) is 0 Å². The van der Waals surface area contributed by atoms with Crippen LogP contribution in [-0.4, -0.2) is 56.9 Å². The van der Waals surface area contributed by atoms with Crippen LogP contribution >= 0.6 is 22.6 Å². The summed E-state index contributed by atoms with van der Waals surface area (Å²) in [4.78, 5) is 20.6. The molecule has 9 nitrogen and oxygen atoms in total. The molecule has 1 saturated heterocycles. The van der Waals surface area contributed by atoms with Crippen molar-refractivity contribution < 1.29 is 28.5 Å². The summed E-state index contributed by atoms with van der Waals surface area (Å²) in [6.45, 7) is -0.531. The maximum atomic E-state index is 15.4. The lowest BCUT2D eigenvalue weighted by molar-refractivity contribution is -0.0598. The van der Waals surface area contributed by atoms with E-state index in [1.165, 1.54) is 10.9 Å². The fourth-order valence-electron chi connectivity index (χ4n) is 4.34. The Hall–Kier alpha value is -2.51. The molecule has 0 amide bonds. The molecule has 1 aliphatic heterocycles. The van der Waals surface area contributed by atoms with E-state index in [1.807, 2.05) is 24.3 Å². The molecule has 0 unspecified atom stereocenters. The number of halogens is 2. The van der Waals surface area contributed by atoms with Gasteiger partial charge in [0.25, 0.3) is 0 Å². The van der Waals surface area contributed by atoms with Crippen molar-refractivity contribution in [3.8, 4) is 0 Å². The Kier molecular flexibility index (Phi) is 5.63. The quantitative estimate of drug-likeness (QED) is 0.373. The highest BCUT2D eigenvalue weighted by Gasteiger charge is 2.49. The monoisotopic (exact) mass is 554 g/mol. The van der Waals surface area contributed by atoms with E-state index in [4.69, 9.17) is 19.9 Å². The molecule has 0 radical (unpaired) electrons. The van der Waals surface area contributed by atoms with Gasteiger partial charge in [-0.05, 0) is 33.7 Å². The second-order valence-electron chi connectivity index (χ2n) is 7.78. The van der Waals surface area contributed by atoms with E-state index in [1.54, 1.807) is 6.20 Å². The van der Waals surface area contributed by atoms with E-state index in [0.717, 1.165) is 14.7 Å². The number of nitrogens with zero attached hydrogens (tertiary/aromatic N) is 3. The van der Waals surface area contributed by atoms with Gasteiger partial charge in [-0.1, -0.05) is 24.3 Å². The van der Waals surface area contributed by atoms with Crippen LogP contribution in [0.4, 0.5) is 15.0 Å². The van der Waals surface area contributed by atoms with Crippen molar-refractivity contribution in [1.29, 1.82) is 0 Å². The van der Waals surface area contributed by atoms with E-state index in [0.29, 0.717) is 23.9 Å². The highest BCUT2D eigenvalue weighted by molar-refractivity contribution is 14.1.